The van der Waals surface area contributed by atoms with E-state index in [0.717, 1.165) is 22.1 Å². The summed E-state index contributed by atoms with van der Waals surface area (Å²) in [5.41, 5.74) is 1.54. The van der Waals surface area contributed by atoms with Crippen LogP contribution in [0.15, 0.2) is 60.7 Å². The number of halogens is 1. The van der Waals surface area contributed by atoms with E-state index in [-0.39, 0.29) is 12.4 Å². The number of hydrogen-bond donors (Lipinski definition) is 2. The summed E-state index contributed by atoms with van der Waals surface area (Å²) in [5.74, 6) is 0.456. The molecule has 3 rings (SSSR count). The molecule has 0 saturated carbocycles. The van der Waals surface area contributed by atoms with Gasteiger partial charge in [-0.05, 0) is 29.8 Å². The standard InChI is InChI=1S/C21H22FNO2/c1-15(24)12-23-13-19-18-8-4-2-6-16(18)10-11-21(19)25-14-17-7-3-5-9-20(17)22/h2-11,15,23-24H,12-14H2,1H3/t15-/m0/s1. The predicted molar refractivity (Wildman–Crippen MR) is 98.1 cm³/mol. The highest BCUT2D eigenvalue weighted by Gasteiger charge is 2.10. The van der Waals surface area contributed by atoms with Gasteiger partial charge in [0.15, 0.2) is 0 Å². The van der Waals surface area contributed by atoms with Gasteiger partial charge in [-0.15, -0.1) is 0 Å². The number of fused-ring (bicyclic) bond motifs is 1. The highest BCUT2D eigenvalue weighted by molar-refractivity contribution is 5.87. The third kappa shape index (κ3) is 4.35. The van der Waals surface area contributed by atoms with E-state index in [0.29, 0.717) is 18.7 Å². The molecule has 2 N–H and O–H groups in total. The maximum absolute atomic E-state index is 13.8. The fraction of sp³-hybridized carbons (Fsp3) is 0.238. The molecule has 1 atom stereocenters. The summed E-state index contributed by atoms with van der Waals surface area (Å²) in [6.07, 6.45) is -0.419. The van der Waals surface area contributed by atoms with E-state index in [1.54, 1.807) is 25.1 Å². The quantitative estimate of drug-likeness (QED) is 0.683. The van der Waals surface area contributed by atoms with E-state index >= 15 is 0 Å². The van der Waals surface area contributed by atoms with Crippen LogP contribution in [0, 0.1) is 5.82 Å². The summed E-state index contributed by atoms with van der Waals surface area (Å²) in [5, 5.41) is 14.9. The third-order valence-electron chi connectivity index (χ3n) is 4.08. The number of benzene rings is 3. The van der Waals surface area contributed by atoms with Crippen molar-refractivity contribution >= 4 is 10.8 Å². The summed E-state index contributed by atoms with van der Waals surface area (Å²) in [6.45, 7) is 2.98. The lowest BCUT2D eigenvalue weighted by molar-refractivity contribution is 0.190. The zero-order valence-electron chi connectivity index (χ0n) is 14.2. The van der Waals surface area contributed by atoms with Crippen LogP contribution in [-0.4, -0.2) is 17.8 Å². The maximum Gasteiger partial charge on any atom is 0.129 e. The lowest BCUT2D eigenvalue weighted by Crippen LogP contribution is -2.24. The molecule has 0 aliphatic heterocycles. The predicted octanol–water partition coefficient (Wildman–Crippen LogP) is 4.03. The average Bonchev–Trinajstić information content (AvgIpc) is 2.61. The van der Waals surface area contributed by atoms with Crippen LogP contribution in [0.2, 0.25) is 0 Å². The Hall–Kier alpha value is -2.43. The fourth-order valence-corrected chi connectivity index (χ4v) is 2.81. The number of nitrogens with one attached hydrogen (secondary N) is 1. The summed E-state index contributed by atoms with van der Waals surface area (Å²) in [4.78, 5) is 0. The Balaban J connectivity index is 1.86. The fourth-order valence-electron chi connectivity index (χ4n) is 2.81. The van der Waals surface area contributed by atoms with Gasteiger partial charge in [0.2, 0.25) is 0 Å². The van der Waals surface area contributed by atoms with Gasteiger partial charge in [0, 0.05) is 24.2 Å². The molecule has 0 fully saturated rings. The molecule has 0 aliphatic rings. The van der Waals surface area contributed by atoms with Crippen molar-refractivity contribution in [3.05, 3.63) is 77.6 Å². The van der Waals surface area contributed by atoms with Gasteiger partial charge in [0.05, 0.1) is 6.10 Å². The molecule has 130 valence electrons. The molecular weight excluding hydrogens is 317 g/mol. The Morgan fingerprint density at radius 1 is 1.04 bits per heavy atom. The maximum atomic E-state index is 13.8. The first kappa shape index (κ1) is 17.4. The second kappa shape index (κ2) is 8.10. The molecule has 0 unspecified atom stereocenters. The molecule has 0 amide bonds. The molecule has 0 bridgehead atoms. The number of rotatable bonds is 7. The highest BCUT2D eigenvalue weighted by atomic mass is 19.1. The Labute approximate surface area is 147 Å². The van der Waals surface area contributed by atoms with Gasteiger partial charge in [-0.2, -0.15) is 0 Å². The molecule has 25 heavy (non-hydrogen) atoms. The molecule has 3 nitrogen and oxygen atoms in total. The monoisotopic (exact) mass is 339 g/mol. The van der Waals surface area contributed by atoms with Gasteiger partial charge in [-0.25, -0.2) is 4.39 Å². The molecular formula is C21H22FNO2. The minimum Gasteiger partial charge on any atom is -0.488 e. The molecule has 0 aromatic heterocycles. The molecule has 0 saturated heterocycles. The van der Waals surface area contributed by atoms with E-state index < -0.39 is 6.10 Å². The molecule has 0 aliphatic carbocycles. The van der Waals surface area contributed by atoms with Gasteiger partial charge in [0.25, 0.3) is 0 Å². The Morgan fingerprint density at radius 3 is 2.60 bits per heavy atom. The smallest absolute Gasteiger partial charge is 0.129 e. The van der Waals surface area contributed by atoms with E-state index in [1.807, 2.05) is 36.4 Å². The van der Waals surface area contributed by atoms with Gasteiger partial charge >= 0.3 is 0 Å². The molecule has 0 heterocycles. The molecule has 4 heteroatoms. The Morgan fingerprint density at radius 2 is 1.80 bits per heavy atom. The SMILES string of the molecule is C[C@H](O)CNCc1c(OCc2ccccc2F)ccc2ccccc12. The van der Waals surface area contributed by atoms with Crippen molar-refractivity contribution < 1.29 is 14.2 Å². The zero-order chi connectivity index (χ0) is 17.6. The number of hydrogen-bond acceptors (Lipinski definition) is 3. The Bertz CT molecular complexity index is 848. The Kier molecular flexibility index (Phi) is 5.64. The van der Waals surface area contributed by atoms with Gasteiger partial charge in [-0.1, -0.05) is 48.5 Å². The second-order valence-corrected chi connectivity index (χ2v) is 6.12. The second-order valence-electron chi connectivity index (χ2n) is 6.12. The van der Waals surface area contributed by atoms with E-state index in [1.165, 1.54) is 6.07 Å². The third-order valence-corrected chi connectivity index (χ3v) is 4.08. The van der Waals surface area contributed by atoms with Crippen LogP contribution in [0.1, 0.15) is 18.1 Å². The lowest BCUT2D eigenvalue weighted by atomic mass is 10.0. The first-order valence-corrected chi connectivity index (χ1v) is 8.41. The molecule has 3 aromatic carbocycles. The minimum absolute atomic E-state index is 0.175. The van der Waals surface area contributed by atoms with Gasteiger partial charge in [0.1, 0.15) is 18.2 Å². The molecule has 3 aromatic rings. The van der Waals surface area contributed by atoms with Crippen molar-refractivity contribution in [1.82, 2.24) is 5.32 Å². The normalized spacial score (nSPS) is 12.3. The van der Waals surface area contributed by atoms with Crippen molar-refractivity contribution in [1.29, 1.82) is 0 Å². The van der Waals surface area contributed by atoms with Crippen LogP contribution < -0.4 is 10.1 Å². The first-order valence-electron chi connectivity index (χ1n) is 8.41. The summed E-state index contributed by atoms with van der Waals surface area (Å²) >= 11 is 0. The van der Waals surface area contributed by atoms with Crippen LogP contribution in [-0.2, 0) is 13.2 Å². The summed E-state index contributed by atoms with van der Waals surface area (Å²) < 4.78 is 19.7. The summed E-state index contributed by atoms with van der Waals surface area (Å²) in [6, 6.07) is 18.6. The van der Waals surface area contributed by atoms with E-state index in [2.05, 4.69) is 5.32 Å². The van der Waals surface area contributed by atoms with Crippen molar-refractivity contribution in [2.45, 2.75) is 26.2 Å². The largest absolute Gasteiger partial charge is 0.488 e. The topological polar surface area (TPSA) is 41.5 Å². The van der Waals surface area contributed by atoms with E-state index in [4.69, 9.17) is 4.74 Å². The van der Waals surface area contributed by atoms with Crippen LogP contribution in [0.5, 0.6) is 5.75 Å². The number of aliphatic hydroxyl groups is 1. The zero-order valence-corrected chi connectivity index (χ0v) is 14.2. The molecule has 0 radical (unpaired) electrons. The first-order chi connectivity index (χ1) is 12.1. The minimum atomic E-state index is -0.419. The summed E-state index contributed by atoms with van der Waals surface area (Å²) in [7, 11) is 0. The average molecular weight is 339 g/mol. The van der Waals surface area contributed by atoms with Gasteiger partial charge in [-0.3, -0.25) is 0 Å². The number of aliphatic hydroxyl groups excluding tert-OH is 1. The van der Waals surface area contributed by atoms with Crippen LogP contribution in [0.25, 0.3) is 10.8 Å². The van der Waals surface area contributed by atoms with Crippen LogP contribution >= 0.6 is 0 Å². The highest BCUT2D eigenvalue weighted by Crippen LogP contribution is 2.29. The van der Waals surface area contributed by atoms with Crippen molar-refractivity contribution in [2.75, 3.05) is 6.54 Å². The van der Waals surface area contributed by atoms with Crippen LogP contribution in [0.3, 0.4) is 0 Å². The van der Waals surface area contributed by atoms with Gasteiger partial charge < -0.3 is 15.2 Å². The molecule has 0 spiro atoms. The lowest BCUT2D eigenvalue weighted by Gasteiger charge is -2.16. The van der Waals surface area contributed by atoms with Crippen molar-refractivity contribution in [3.63, 3.8) is 0 Å². The van der Waals surface area contributed by atoms with Crippen molar-refractivity contribution in [2.24, 2.45) is 0 Å². The van der Waals surface area contributed by atoms with Crippen molar-refractivity contribution in [3.8, 4) is 5.75 Å². The number of ether oxygens (including phenoxy) is 1. The van der Waals surface area contributed by atoms with Crippen LogP contribution in [0.4, 0.5) is 4.39 Å². The van der Waals surface area contributed by atoms with E-state index in [9.17, 15) is 9.50 Å².